The van der Waals surface area contributed by atoms with Crippen LogP contribution >= 0.6 is 0 Å². The molecule has 2 aromatic carbocycles. The Bertz CT molecular complexity index is 737. The Morgan fingerprint density at radius 2 is 1.62 bits per heavy atom. The van der Waals surface area contributed by atoms with Crippen molar-refractivity contribution in [3.8, 4) is 5.75 Å². The van der Waals surface area contributed by atoms with Gasteiger partial charge in [-0.3, -0.25) is 9.59 Å². The van der Waals surface area contributed by atoms with Gasteiger partial charge in [0.2, 0.25) is 5.91 Å². The summed E-state index contributed by atoms with van der Waals surface area (Å²) in [6.07, 6.45) is 0. The summed E-state index contributed by atoms with van der Waals surface area (Å²) in [5.41, 5.74) is 2.68. The van der Waals surface area contributed by atoms with Crippen LogP contribution in [0.2, 0.25) is 0 Å². The lowest BCUT2D eigenvalue weighted by atomic mass is 10.0. The molecule has 0 spiro atoms. The molecule has 0 radical (unpaired) electrons. The molecule has 0 aliphatic heterocycles. The summed E-state index contributed by atoms with van der Waals surface area (Å²) < 4.78 is 5.09. The molecule has 0 unspecified atom stereocenters. The number of hydrogen-bond acceptors (Lipinski definition) is 3. The molecule has 0 aliphatic carbocycles. The van der Waals surface area contributed by atoms with E-state index in [1.807, 2.05) is 45.0 Å². The summed E-state index contributed by atoms with van der Waals surface area (Å²) in [4.78, 5) is 25.0. The zero-order valence-corrected chi connectivity index (χ0v) is 15.7. The van der Waals surface area contributed by atoms with Gasteiger partial charge in [-0.2, -0.15) is 0 Å². The van der Waals surface area contributed by atoms with E-state index in [-0.39, 0.29) is 17.7 Å². The fourth-order valence-corrected chi connectivity index (χ4v) is 2.51. The third kappa shape index (κ3) is 5.34. The lowest BCUT2D eigenvalue weighted by Crippen LogP contribution is -2.49. The molecule has 1 atom stereocenters. The molecule has 0 saturated carbocycles. The number of aryl methyl sites for hydroxylation is 1. The van der Waals surface area contributed by atoms with Gasteiger partial charge in [-0.1, -0.05) is 43.7 Å². The average molecular weight is 354 g/mol. The van der Waals surface area contributed by atoms with Crippen molar-refractivity contribution in [2.75, 3.05) is 7.11 Å². The summed E-state index contributed by atoms with van der Waals surface area (Å²) in [5, 5.41) is 5.72. The predicted molar refractivity (Wildman–Crippen MR) is 102 cm³/mol. The molecule has 138 valence electrons. The number of amides is 2. The van der Waals surface area contributed by atoms with Crippen LogP contribution in [0, 0.1) is 12.8 Å². The predicted octanol–water partition coefficient (Wildman–Crippen LogP) is 3.07. The first-order valence-corrected chi connectivity index (χ1v) is 8.69. The van der Waals surface area contributed by atoms with E-state index >= 15 is 0 Å². The van der Waals surface area contributed by atoms with Crippen molar-refractivity contribution in [3.05, 3.63) is 65.2 Å². The summed E-state index contributed by atoms with van der Waals surface area (Å²) in [6, 6.07) is 14.2. The lowest BCUT2D eigenvalue weighted by molar-refractivity contribution is -0.124. The first kappa shape index (κ1) is 19.5. The third-order valence-corrected chi connectivity index (χ3v) is 4.18. The van der Waals surface area contributed by atoms with Crippen LogP contribution in [0.25, 0.3) is 0 Å². The summed E-state index contributed by atoms with van der Waals surface area (Å²) in [6.45, 7) is 6.27. The van der Waals surface area contributed by atoms with Gasteiger partial charge in [0, 0.05) is 12.1 Å². The van der Waals surface area contributed by atoms with Gasteiger partial charge in [0.05, 0.1) is 7.11 Å². The van der Waals surface area contributed by atoms with Crippen molar-refractivity contribution in [2.24, 2.45) is 5.92 Å². The van der Waals surface area contributed by atoms with Gasteiger partial charge in [0.1, 0.15) is 11.8 Å². The molecule has 5 nitrogen and oxygen atoms in total. The molecule has 2 rings (SSSR count). The van der Waals surface area contributed by atoms with Gasteiger partial charge >= 0.3 is 0 Å². The van der Waals surface area contributed by atoms with Crippen LogP contribution in [0.5, 0.6) is 5.75 Å². The van der Waals surface area contributed by atoms with Crippen LogP contribution in [0.4, 0.5) is 0 Å². The Morgan fingerprint density at radius 1 is 1.00 bits per heavy atom. The topological polar surface area (TPSA) is 67.4 Å². The number of benzene rings is 2. The minimum atomic E-state index is -0.602. The Morgan fingerprint density at radius 3 is 2.15 bits per heavy atom. The highest BCUT2D eigenvalue weighted by Gasteiger charge is 2.24. The number of rotatable bonds is 7. The van der Waals surface area contributed by atoms with E-state index in [0.29, 0.717) is 17.9 Å². The quantitative estimate of drug-likeness (QED) is 0.803. The van der Waals surface area contributed by atoms with Crippen LogP contribution in [0.1, 0.15) is 35.3 Å². The molecule has 2 N–H and O–H groups in total. The van der Waals surface area contributed by atoms with Crippen LogP contribution in [0.15, 0.2) is 48.5 Å². The monoisotopic (exact) mass is 354 g/mol. The largest absolute Gasteiger partial charge is 0.497 e. The van der Waals surface area contributed by atoms with Crippen molar-refractivity contribution in [2.45, 2.75) is 33.4 Å². The van der Waals surface area contributed by atoms with Crippen molar-refractivity contribution in [1.29, 1.82) is 0 Å². The van der Waals surface area contributed by atoms with E-state index in [1.54, 1.807) is 31.4 Å². The van der Waals surface area contributed by atoms with Gasteiger partial charge in [0.15, 0.2) is 0 Å². The average Bonchev–Trinajstić information content (AvgIpc) is 2.65. The molecule has 0 saturated heterocycles. The zero-order chi connectivity index (χ0) is 19.1. The molecule has 2 amide bonds. The maximum Gasteiger partial charge on any atom is 0.251 e. The maximum atomic E-state index is 12.5. The van der Waals surface area contributed by atoms with Crippen LogP contribution in [-0.2, 0) is 11.3 Å². The molecule has 0 heterocycles. The highest BCUT2D eigenvalue weighted by atomic mass is 16.5. The first-order chi connectivity index (χ1) is 12.4. The number of hydrogen-bond donors (Lipinski definition) is 2. The number of carbonyl (C=O) groups excluding carboxylic acids is 2. The summed E-state index contributed by atoms with van der Waals surface area (Å²) in [7, 11) is 1.57. The summed E-state index contributed by atoms with van der Waals surface area (Å²) in [5.74, 6) is 0.173. The fraction of sp³-hybridized carbons (Fsp3) is 0.333. The highest BCUT2D eigenvalue weighted by Crippen LogP contribution is 2.12. The van der Waals surface area contributed by atoms with E-state index in [4.69, 9.17) is 4.74 Å². The molecular weight excluding hydrogens is 328 g/mol. The Hall–Kier alpha value is -2.82. The normalized spacial score (nSPS) is 11.7. The van der Waals surface area contributed by atoms with Gasteiger partial charge in [-0.05, 0) is 42.7 Å². The van der Waals surface area contributed by atoms with Crippen LogP contribution in [0.3, 0.4) is 0 Å². The maximum absolute atomic E-state index is 12.5. The number of methoxy groups -OCH3 is 1. The Balaban J connectivity index is 1.98. The highest BCUT2D eigenvalue weighted by molar-refractivity contribution is 5.97. The van der Waals surface area contributed by atoms with Crippen molar-refractivity contribution in [3.63, 3.8) is 0 Å². The van der Waals surface area contributed by atoms with Gasteiger partial charge in [-0.25, -0.2) is 0 Å². The van der Waals surface area contributed by atoms with Crippen molar-refractivity contribution >= 4 is 11.8 Å². The molecule has 0 aromatic heterocycles. The fourth-order valence-electron chi connectivity index (χ4n) is 2.51. The first-order valence-electron chi connectivity index (χ1n) is 8.69. The molecule has 0 bridgehead atoms. The molecule has 0 fully saturated rings. The van der Waals surface area contributed by atoms with E-state index in [0.717, 1.165) is 5.56 Å². The van der Waals surface area contributed by atoms with Gasteiger partial charge < -0.3 is 15.4 Å². The minimum Gasteiger partial charge on any atom is -0.497 e. The van der Waals surface area contributed by atoms with Crippen LogP contribution in [-0.4, -0.2) is 25.0 Å². The summed E-state index contributed by atoms with van der Waals surface area (Å²) >= 11 is 0. The Labute approximate surface area is 154 Å². The van der Waals surface area contributed by atoms with E-state index in [2.05, 4.69) is 10.6 Å². The number of carbonyl (C=O) groups is 2. The molecule has 5 heteroatoms. The molecule has 2 aromatic rings. The van der Waals surface area contributed by atoms with E-state index in [1.165, 1.54) is 5.56 Å². The Kier molecular flexibility index (Phi) is 6.78. The lowest BCUT2D eigenvalue weighted by Gasteiger charge is -2.22. The zero-order valence-electron chi connectivity index (χ0n) is 15.7. The smallest absolute Gasteiger partial charge is 0.251 e. The molecule has 26 heavy (non-hydrogen) atoms. The number of ether oxygens (including phenoxy) is 1. The van der Waals surface area contributed by atoms with Crippen molar-refractivity contribution in [1.82, 2.24) is 10.6 Å². The standard InChI is InChI=1S/C21H26N2O3/c1-14(2)19(21(25)22-13-16-7-5-15(3)6-8-16)23-20(24)17-9-11-18(26-4)12-10-17/h5-12,14,19H,13H2,1-4H3,(H,22,25)(H,23,24)/t19-/m0/s1. The SMILES string of the molecule is COc1ccc(C(=O)N[C@H](C(=O)NCc2ccc(C)cc2)C(C)C)cc1. The van der Waals surface area contributed by atoms with Gasteiger partial charge in [-0.15, -0.1) is 0 Å². The third-order valence-electron chi connectivity index (χ3n) is 4.18. The second-order valence-corrected chi connectivity index (χ2v) is 6.63. The second-order valence-electron chi connectivity index (χ2n) is 6.63. The minimum absolute atomic E-state index is 0.0322. The van der Waals surface area contributed by atoms with E-state index in [9.17, 15) is 9.59 Å². The second kappa shape index (κ2) is 9.04. The van der Waals surface area contributed by atoms with Crippen molar-refractivity contribution < 1.29 is 14.3 Å². The molecule has 0 aliphatic rings. The molecular formula is C21H26N2O3. The number of nitrogens with one attached hydrogen (secondary N) is 2. The van der Waals surface area contributed by atoms with Gasteiger partial charge in [0.25, 0.3) is 5.91 Å². The van der Waals surface area contributed by atoms with Crippen LogP contribution < -0.4 is 15.4 Å². The van der Waals surface area contributed by atoms with E-state index < -0.39 is 6.04 Å².